The fraction of sp³-hybridized carbons (Fsp3) is 0.290. The maximum atomic E-state index is 6.27. The summed E-state index contributed by atoms with van der Waals surface area (Å²) in [6, 6.07) is 20.9. The minimum atomic E-state index is 0.601. The molecule has 7 nitrogen and oxygen atoms in total. The Morgan fingerprint density at radius 1 is 0.947 bits per heavy atom. The van der Waals surface area contributed by atoms with Crippen LogP contribution in [0.5, 0.6) is 11.5 Å². The molecule has 194 valence electrons. The van der Waals surface area contributed by atoms with Crippen molar-refractivity contribution in [1.82, 2.24) is 19.9 Å². The summed E-state index contributed by atoms with van der Waals surface area (Å²) in [4.78, 5) is 15.5. The van der Waals surface area contributed by atoms with E-state index in [1.807, 2.05) is 12.1 Å². The third-order valence-electron chi connectivity index (χ3n) is 7.15. The van der Waals surface area contributed by atoms with Gasteiger partial charge < -0.3 is 19.2 Å². The molecule has 38 heavy (non-hydrogen) atoms. The highest BCUT2D eigenvalue weighted by atomic mass is 16.5. The van der Waals surface area contributed by atoms with Gasteiger partial charge in [-0.1, -0.05) is 42.0 Å². The van der Waals surface area contributed by atoms with Crippen molar-refractivity contribution in [2.24, 2.45) is 0 Å². The van der Waals surface area contributed by atoms with E-state index < -0.39 is 0 Å². The van der Waals surface area contributed by atoms with Crippen LogP contribution in [0.1, 0.15) is 12.0 Å². The molecule has 3 heterocycles. The molecule has 0 saturated carbocycles. The molecule has 2 aromatic heterocycles. The third kappa shape index (κ3) is 4.83. The summed E-state index contributed by atoms with van der Waals surface area (Å²) in [6.07, 6.45) is 2.56. The van der Waals surface area contributed by atoms with E-state index in [0.29, 0.717) is 18.1 Å². The number of fused-ring (bicyclic) bond motifs is 2. The zero-order chi connectivity index (χ0) is 25.9. The van der Waals surface area contributed by atoms with Crippen molar-refractivity contribution in [3.63, 3.8) is 0 Å². The number of ether oxygens (including phenoxy) is 3. The molecule has 0 aliphatic carbocycles. The van der Waals surface area contributed by atoms with E-state index in [1.165, 1.54) is 5.56 Å². The molecule has 0 atom stereocenters. The van der Waals surface area contributed by atoms with E-state index in [4.69, 9.17) is 19.2 Å². The molecule has 3 aromatic carbocycles. The van der Waals surface area contributed by atoms with E-state index in [1.54, 1.807) is 13.4 Å². The first-order valence-electron chi connectivity index (χ1n) is 13.1. The van der Waals surface area contributed by atoms with Crippen LogP contribution in [-0.4, -0.2) is 66.4 Å². The number of aryl methyl sites for hydroxylation is 1. The normalized spacial score (nSPS) is 14.3. The second-order valence-corrected chi connectivity index (χ2v) is 9.69. The van der Waals surface area contributed by atoms with Crippen LogP contribution in [0.4, 0.5) is 0 Å². The number of para-hydroxylation sites is 1. The summed E-state index contributed by atoms with van der Waals surface area (Å²) in [6.45, 7) is 7.27. The average molecular weight is 509 g/mol. The Balaban J connectivity index is 1.40. The molecule has 0 unspecified atom stereocenters. The second kappa shape index (κ2) is 10.8. The number of H-pyrrole nitrogens is 1. The standard InChI is InChI=1S/C31H32N4O3/c1-21-7-5-8-22(17-21)30-29(23-9-3-4-10-25(23)34-30)31-24-18-28(27(36-2)19-26(24)32-20-33-31)38-14-6-11-35-12-15-37-16-13-35/h3-5,7-10,17-20,34H,6,11-16H2,1-2H3. The number of aromatic nitrogens is 3. The average Bonchev–Trinajstić information content (AvgIpc) is 3.34. The van der Waals surface area contributed by atoms with Crippen molar-refractivity contribution >= 4 is 21.8 Å². The first-order chi connectivity index (χ1) is 18.7. The van der Waals surface area contributed by atoms with Crippen molar-refractivity contribution in [2.45, 2.75) is 13.3 Å². The Hall–Kier alpha value is -3.94. The van der Waals surface area contributed by atoms with Gasteiger partial charge in [0.25, 0.3) is 0 Å². The lowest BCUT2D eigenvalue weighted by Gasteiger charge is -2.26. The summed E-state index contributed by atoms with van der Waals surface area (Å²) >= 11 is 0. The smallest absolute Gasteiger partial charge is 0.162 e. The largest absolute Gasteiger partial charge is 0.493 e. The van der Waals surface area contributed by atoms with E-state index in [-0.39, 0.29) is 0 Å². The number of nitrogens with one attached hydrogen (secondary N) is 1. The Bertz CT molecular complexity index is 1570. The monoisotopic (exact) mass is 508 g/mol. The summed E-state index contributed by atoms with van der Waals surface area (Å²) in [5.41, 5.74) is 7.17. The second-order valence-electron chi connectivity index (χ2n) is 9.69. The van der Waals surface area contributed by atoms with Gasteiger partial charge >= 0.3 is 0 Å². The van der Waals surface area contributed by atoms with Gasteiger partial charge in [0.2, 0.25) is 0 Å². The van der Waals surface area contributed by atoms with Gasteiger partial charge in [0, 0.05) is 47.6 Å². The summed E-state index contributed by atoms with van der Waals surface area (Å²) in [5, 5.41) is 2.04. The van der Waals surface area contributed by atoms with Crippen LogP contribution in [0.15, 0.2) is 67.0 Å². The van der Waals surface area contributed by atoms with Crippen LogP contribution in [0.2, 0.25) is 0 Å². The summed E-state index contributed by atoms with van der Waals surface area (Å²) in [7, 11) is 1.67. The van der Waals surface area contributed by atoms with Crippen molar-refractivity contribution in [3.05, 3.63) is 72.6 Å². The van der Waals surface area contributed by atoms with Gasteiger partial charge in [-0.15, -0.1) is 0 Å². The van der Waals surface area contributed by atoms with E-state index >= 15 is 0 Å². The Kier molecular flexibility index (Phi) is 6.94. The Morgan fingerprint density at radius 3 is 2.66 bits per heavy atom. The maximum absolute atomic E-state index is 6.27. The summed E-state index contributed by atoms with van der Waals surface area (Å²) in [5.74, 6) is 1.38. The molecular weight excluding hydrogens is 476 g/mol. The molecule has 1 saturated heterocycles. The number of benzene rings is 3. The minimum absolute atomic E-state index is 0.601. The van der Waals surface area contributed by atoms with Gasteiger partial charge in [-0.3, -0.25) is 4.90 Å². The van der Waals surface area contributed by atoms with Gasteiger partial charge in [-0.2, -0.15) is 0 Å². The van der Waals surface area contributed by atoms with Gasteiger partial charge in [0.05, 0.1) is 43.8 Å². The molecule has 1 aliphatic heterocycles. The lowest BCUT2D eigenvalue weighted by atomic mass is 9.98. The van der Waals surface area contributed by atoms with Crippen LogP contribution in [-0.2, 0) is 4.74 Å². The van der Waals surface area contributed by atoms with Crippen molar-refractivity contribution in [1.29, 1.82) is 0 Å². The number of hydrogen-bond donors (Lipinski definition) is 1. The number of rotatable bonds is 8. The van der Waals surface area contributed by atoms with Gasteiger partial charge in [0.1, 0.15) is 6.33 Å². The number of nitrogens with zero attached hydrogens (tertiary/aromatic N) is 3. The lowest BCUT2D eigenvalue weighted by Crippen LogP contribution is -2.37. The lowest BCUT2D eigenvalue weighted by molar-refractivity contribution is 0.0357. The van der Waals surface area contributed by atoms with Crippen molar-refractivity contribution < 1.29 is 14.2 Å². The zero-order valence-electron chi connectivity index (χ0n) is 21.9. The highest BCUT2D eigenvalue weighted by Gasteiger charge is 2.20. The zero-order valence-corrected chi connectivity index (χ0v) is 21.9. The quantitative estimate of drug-likeness (QED) is 0.265. The molecule has 0 amide bonds. The van der Waals surface area contributed by atoms with Crippen LogP contribution >= 0.6 is 0 Å². The molecular formula is C31H32N4O3. The SMILES string of the molecule is COc1cc2ncnc(-c3c(-c4cccc(C)c4)[nH]c4ccccc34)c2cc1OCCCN1CCOCC1. The van der Waals surface area contributed by atoms with Gasteiger partial charge in [-0.25, -0.2) is 9.97 Å². The van der Waals surface area contributed by atoms with Crippen LogP contribution in [0.25, 0.3) is 44.3 Å². The molecule has 6 rings (SSSR count). The molecule has 5 aromatic rings. The predicted octanol–water partition coefficient (Wildman–Crippen LogP) is 5.86. The molecule has 0 spiro atoms. The number of hydrogen-bond acceptors (Lipinski definition) is 6. The van der Waals surface area contributed by atoms with Gasteiger partial charge in [-0.05, 0) is 37.1 Å². The number of aromatic amines is 1. The predicted molar refractivity (Wildman–Crippen MR) is 151 cm³/mol. The minimum Gasteiger partial charge on any atom is -0.493 e. The molecule has 0 bridgehead atoms. The molecule has 7 heteroatoms. The van der Waals surface area contributed by atoms with Crippen molar-refractivity contribution in [3.8, 4) is 34.0 Å². The van der Waals surface area contributed by atoms with E-state index in [0.717, 1.165) is 83.6 Å². The van der Waals surface area contributed by atoms with E-state index in [9.17, 15) is 0 Å². The maximum Gasteiger partial charge on any atom is 0.162 e. The molecule has 1 aliphatic rings. The first kappa shape index (κ1) is 24.4. The molecule has 1 N–H and O–H groups in total. The highest BCUT2D eigenvalue weighted by Crippen LogP contribution is 2.42. The molecule has 0 radical (unpaired) electrons. The fourth-order valence-corrected chi connectivity index (χ4v) is 5.24. The van der Waals surface area contributed by atoms with Crippen LogP contribution < -0.4 is 9.47 Å². The number of methoxy groups -OCH3 is 1. The topological polar surface area (TPSA) is 72.5 Å². The Morgan fingerprint density at radius 2 is 1.82 bits per heavy atom. The first-order valence-corrected chi connectivity index (χ1v) is 13.1. The Labute approximate surface area is 222 Å². The summed E-state index contributed by atoms with van der Waals surface area (Å²) < 4.78 is 17.4. The van der Waals surface area contributed by atoms with Crippen LogP contribution in [0, 0.1) is 6.92 Å². The van der Waals surface area contributed by atoms with Crippen molar-refractivity contribution in [2.75, 3.05) is 46.6 Å². The van der Waals surface area contributed by atoms with E-state index in [2.05, 4.69) is 70.3 Å². The van der Waals surface area contributed by atoms with Crippen LogP contribution in [0.3, 0.4) is 0 Å². The van der Waals surface area contributed by atoms with Gasteiger partial charge in [0.15, 0.2) is 11.5 Å². The third-order valence-corrected chi connectivity index (χ3v) is 7.15. The molecule has 1 fully saturated rings. The number of morpholine rings is 1. The fourth-order valence-electron chi connectivity index (χ4n) is 5.24. The highest BCUT2D eigenvalue weighted by molar-refractivity contribution is 6.09.